The first kappa shape index (κ1) is 11.7. The standard InChI is InChI=1S/C15H15N3O/c19-15-9-17-14-6-2-1-5-13(14)11-18(15)10-12-4-3-7-16-8-12/h1-8,17H,9-11H2. The first-order valence-corrected chi connectivity index (χ1v) is 6.31. The molecule has 0 bridgehead atoms. The van der Waals surface area contributed by atoms with E-state index in [1.54, 1.807) is 12.4 Å². The van der Waals surface area contributed by atoms with Gasteiger partial charge in [-0.25, -0.2) is 0 Å². The summed E-state index contributed by atoms with van der Waals surface area (Å²) in [6.45, 7) is 1.58. The summed E-state index contributed by atoms with van der Waals surface area (Å²) in [5.74, 6) is 0.111. The Morgan fingerprint density at radius 2 is 2.11 bits per heavy atom. The van der Waals surface area contributed by atoms with Crippen LogP contribution in [0.1, 0.15) is 11.1 Å². The molecule has 1 amide bonds. The lowest BCUT2D eigenvalue weighted by Crippen LogP contribution is -2.32. The second-order valence-corrected chi connectivity index (χ2v) is 4.62. The van der Waals surface area contributed by atoms with Crippen molar-refractivity contribution in [2.45, 2.75) is 13.1 Å². The quantitative estimate of drug-likeness (QED) is 0.890. The van der Waals surface area contributed by atoms with E-state index in [0.29, 0.717) is 19.6 Å². The Hall–Kier alpha value is -2.36. The number of carbonyl (C=O) groups is 1. The van der Waals surface area contributed by atoms with Crippen molar-refractivity contribution < 1.29 is 4.79 Å². The summed E-state index contributed by atoms with van der Waals surface area (Å²) in [7, 11) is 0. The topological polar surface area (TPSA) is 45.2 Å². The van der Waals surface area contributed by atoms with Gasteiger partial charge in [-0.1, -0.05) is 24.3 Å². The maximum absolute atomic E-state index is 12.1. The van der Waals surface area contributed by atoms with Crippen LogP contribution in [0.4, 0.5) is 5.69 Å². The lowest BCUT2D eigenvalue weighted by molar-refractivity contribution is -0.130. The van der Waals surface area contributed by atoms with Gasteiger partial charge in [0.2, 0.25) is 5.91 Å². The Morgan fingerprint density at radius 1 is 1.21 bits per heavy atom. The van der Waals surface area contributed by atoms with Gasteiger partial charge in [0.25, 0.3) is 0 Å². The number of nitrogens with zero attached hydrogens (tertiary/aromatic N) is 2. The number of benzene rings is 1. The van der Waals surface area contributed by atoms with Crippen molar-refractivity contribution in [3.63, 3.8) is 0 Å². The lowest BCUT2D eigenvalue weighted by atomic mass is 10.1. The van der Waals surface area contributed by atoms with Crippen LogP contribution < -0.4 is 5.32 Å². The molecule has 1 aromatic heterocycles. The van der Waals surface area contributed by atoms with Gasteiger partial charge in [0.15, 0.2) is 0 Å². The third kappa shape index (κ3) is 2.57. The van der Waals surface area contributed by atoms with Gasteiger partial charge >= 0.3 is 0 Å². The number of para-hydroxylation sites is 1. The molecule has 0 atom stereocenters. The van der Waals surface area contributed by atoms with E-state index in [-0.39, 0.29) is 5.91 Å². The Labute approximate surface area is 112 Å². The molecule has 19 heavy (non-hydrogen) atoms. The molecular formula is C15H15N3O. The van der Waals surface area contributed by atoms with E-state index >= 15 is 0 Å². The number of hydrogen-bond donors (Lipinski definition) is 1. The average molecular weight is 253 g/mol. The summed E-state index contributed by atoms with van der Waals surface area (Å²) < 4.78 is 0. The molecular weight excluding hydrogens is 238 g/mol. The summed E-state index contributed by atoms with van der Waals surface area (Å²) >= 11 is 0. The van der Waals surface area contributed by atoms with Crippen molar-refractivity contribution in [1.82, 2.24) is 9.88 Å². The lowest BCUT2D eigenvalue weighted by Gasteiger charge is -2.20. The van der Waals surface area contributed by atoms with E-state index in [1.165, 1.54) is 0 Å². The van der Waals surface area contributed by atoms with E-state index < -0.39 is 0 Å². The summed E-state index contributed by atoms with van der Waals surface area (Å²) in [5, 5.41) is 3.18. The fraction of sp³-hybridized carbons (Fsp3) is 0.200. The van der Waals surface area contributed by atoms with E-state index in [2.05, 4.69) is 16.4 Å². The number of aromatic nitrogens is 1. The second-order valence-electron chi connectivity index (χ2n) is 4.62. The molecule has 0 saturated heterocycles. The van der Waals surface area contributed by atoms with Crippen molar-refractivity contribution in [2.24, 2.45) is 0 Å². The molecule has 2 heterocycles. The summed E-state index contributed by atoms with van der Waals surface area (Å²) in [6, 6.07) is 11.9. The fourth-order valence-electron chi connectivity index (χ4n) is 2.26. The van der Waals surface area contributed by atoms with Gasteiger partial charge in [0.05, 0.1) is 6.54 Å². The monoisotopic (exact) mass is 253 g/mol. The minimum Gasteiger partial charge on any atom is -0.376 e. The van der Waals surface area contributed by atoms with Crippen molar-refractivity contribution in [3.8, 4) is 0 Å². The number of rotatable bonds is 2. The third-order valence-electron chi connectivity index (χ3n) is 3.26. The predicted octanol–water partition coefficient (Wildman–Crippen LogP) is 2.04. The maximum atomic E-state index is 12.1. The highest BCUT2D eigenvalue weighted by atomic mass is 16.2. The highest BCUT2D eigenvalue weighted by molar-refractivity contribution is 5.82. The van der Waals surface area contributed by atoms with E-state index in [1.807, 2.05) is 35.2 Å². The molecule has 96 valence electrons. The summed E-state index contributed by atoms with van der Waals surface area (Å²) in [6.07, 6.45) is 3.54. The molecule has 0 radical (unpaired) electrons. The minimum absolute atomic E-state index is 0.111. The normalized spacial score (nSPS) is 14.5. The summed E-state index contributed by atoms with van der Waals surface area (Å²) in [5.41, 5.74) is 3.25. The molecule has 3 rings (SSSR count). The van der Waals surface area contributed by atoms with Gasteiger partial charge in [0.1, 0.15) is 0 Å². The molecule has 1 aliphatic rings. The molecule has 1 N–H and O–H groups in total. The van der Waals surface area contributed by atoms with Crippen molar-refractivity contribution >= 4 is 11.6 Å². The van der Waals surface area contributed by atoms with Crippen molar-refractivity contribution in [2.75, 3.05) is 11.9 Å². The predicted molar refractivity (Wildman–Crippen MR) is 73.4 cm³/mol. The Balaban J connectivity index is 1.83. The zero-order valence-electron chi connectivity index (χ0n) is 10.5. The van der Waals surface area contributed by atoms with Gasteiger partial charge in [-0.15, -0.1) is 0 Å². The van der Waals surface area contributed by atoms with Gasteiger partial charge in [-0.2, -0.15) is 0 Å². The molecule has 0 saturated carbocycles. The van der Waals surface area contributed by atoms with Gasteiger partial charge < -0.3 is 10.2 Å². The van der Waals surface area contributed by atoms with Crippen LogP contribution in [0.25, 0.3) is 0 Å². The molecule has 1 aromatic carbocycles. The van der Waals surface area contributed by atoms with Crippen LogP contribution in [0, 0.1) is 0 Å². The van der Waals surface area contributed by atoms with Crippen molar-refractivity contribution in [1.29, 1.82) is 0 Å². The van der Waals surface area contributed by atoms with E-state index in [4.69, 9.17) is 0 Å². The zero-order chi connectivity index (χ0) is 13.1. The van der Waals surface area contributed by atoms with E-state index in [9.17, 15) is 4.79 Å². The highest BCUT2D eigenvalue weighted by Crippen LogP contribution is 2.21. The second kappa shape index (κ2) is 5.10. The third-order valence-corrected chi connectivity index (χ3v) is 3.26. The maximum Gasteiger partial charge on any atom is 0.242 e. The van der Waals surface area contributed by atoms with Crippen LogP contribution in [0.5, 0.6) is 0 Å². The van der Waals surface area contributed by atoms with Crippen LogP contribution in [0.3, 0.4) is 0 Å². The van der Waals surface area contributed by atoms with Crippen LogP contribution in [0.2, 0.25) is 0 Å². The fourth-order valence-corrected chi connectivity index (χ4v) is 2.26. The molecule has 0 spiro atoms. The number of anilines is 1. The SMILES string of the molecule is O=C1CNc2ccccc2CN1Cc1cccnc1. The molecule has 4 nitrogen and oxygen atoms in total. The van der Waals surface area contributed by atoms with Gasteiger partial charge in [-0.3, -0.25) is 9.78 Å². The first-order valence-electron chi connectivity index (χ1n) is 6.31. The van der Waals surface area contributed by atoms with E-state index in [0.717, 1.165) is 16.8 Å². The Kier molecular flexibility index (Phi) is 3.14. The zero-order valence-corrected chi connectivity index (χ0v) is 10.5. The van der Waals surface area contributed by atoms with Crippen LogP contribution >= 0.6 is 0 Å². The minimum atomic E-state index is 0.111. The largest absolute Gasteiger partial charge is 0.376 e. The molecule has 1 aliphatic heterocycles. The Bertz CT molecular complexity index is 583. The van der Waals surface area contributed by atoms with Crippen LogP contribution in [-0.4, -0.2) is 22.3 Å². The number of pyridine rings is 1. The summed E-state index contributed by atoms with van der Waals surface area (Å²) in [4.78, 5) is 18.1. The number of carbonyl (C=O) groups excluding carboxylic acids is 1. The molecule has 4 heteroatoms. The molecule has 0 aliphatic carbocycles. The van der Waals surface area contributed by atoms with Gasteiger partial charge in [0, 0.05) is 31.2 Å². The number of hydrogen-bond acceptors (Lipinski definition) is 3. The molecule has 0 fully saturated rings. The molecule has 2 aromatic rings. The number of nitrogens with one attached hydrogen (secondary N) is 1. The number of fused-ring (bicyclic) bond motifs is 1. The smallest absolute Gasteiger partial charge is 0.242 e. The van der Waals surface area contributed by atoms with Crippen molar-refractivity contribution in [3.05, 3.63) is 59.9 Å². The van der Waals surface area contributed by atoms with Gasteiger partial charge in [-0.05, 0) is 23.3 Å². The Morgan fingerprint density at radius 3 is 2.95 bits per heavy atom. The molecule has 0 unspecified atom stereocenters. The number of amides is 1. The van der Waals surface area contributed by atoms with Crippen LogP contribution in [-0.2, 0) is 17.9 Å². The average Bonchev–Trinajstić information content (AvgIpc) is 2.61. The van der Waals surface area contributed by atoms with Crippen LogP contribution in [0.15, 0.2) is 48.8 Å². The first-order chi connectivity index (χ1) is 9.33. The highest BCUT2D eigenvalue weighted by Gasteiger charge is 2.19.